The number of nitrogens with one attached hydrogen (secondary N) is 3. The molecule has 0 spiro atoms. The van der Waals surface area contributed by atoms with Crippen LogP contribution in [0.5, 0.6) is 0 Å². The van der Waals surface area contributed by atoms with Gasteiger partial charge < -0.3 is 42.2 Å². The number of unbranched alkanes of at least 4 members (excludes halogenated alkanes) is 1. The van der Waals surface area contributed by atoms with Crippen LogP contribution in [-0.2, 0) is 30.4 Å². The van der Waals surface area contributed by atoms with E-state index in [4.69, 9.17) is 11.5 Å². The molecule has 4 atom stereocenters. The number of nitrogens with two attached hydrogens (primary N) is 2. The summed E-state index contributed by atoms with van der Waals surface area (Å²) in [5, 5.41) is 24.4. The van der Waals surface area contributed by atoms with Gasteiger partial charge in [-0.05, 0) is 56.7 Å². The molecule has 1 aromatic carbocycles. The van der Waals surface area contributed by atoms with Crippen LogP contribution in [0.2, 0.25) is 0 Å². The summed E-state index contributed by atoms with van der Waals surface area (Å²) in [5.41, 5.74) is 13.5. The predicted molar refractivity (Wildman–Crippen MR) is 141 cm³/mol. The SMILES string of the molecule is NCCCCC(NC(=O)C(CC(=O)O)NC(=O)C1CCCN1C(=O)C(N)Cc1c[nH]c2ccccc12)C(=O)O. The third-order valence-electron chi connectivity index (χ3n) is 6.84. The number of benzene rings is 1. The van der Waals surface area contributed by atoms with Gasteiger partial charge in [-0.3, -0.25) is 19.2 Å². The van der Waals surface area contributed by atoms with Crippen LogP contribution in [0.1, 0.15) is 44.1 Å². The number of hydrogen-bond acceptors (Lipinski definition) is 7. The highest BCUT2D eigenvalue weighted by Crippen LogP contribution is 2.22. The molecule has 0 bridgehead atoms. The number of para-hydroxylation sites is 1. The second-order valence-corrected chi connectivity index (χ2v) is 9.70. The molecule has 2 aromatic rings. The maximum atomic E-state index is 13.2. The summed E-state index contributed by atoms with van der Waals surface area (Å²) in [7, 11) is 0. The number of likely N-dealkylation sites (tertiary alicyclic amines) is 1. The Kier molecular flexibility index (Phi) is 10.4. The molecule has 13 nitrogen and oxygen atoms in total. The number of carbonyl (C=O) groups excluding carboxylic acids is 3. The Bertz CT molecular complexity index is 1200. The molecule has 2 heterocycles. The zero-order valence-electron chi connectivity index (χ0n) is 21.6. The van der Waals surface area contributed by atoms with Crippen LogP contribution in [0.15, 0.2) is 30.5 Å². The van der Waals surface area contributed by atoms with Crippen molar-refractivity contribution in [1.29, 1.82) is 0 Å². The average molecular weight is 545 g/mol. The van der Waals surface area contributed by atoms with Crippen molar-refractivity contribution in [2.45, 2.75) is 69.1 Å². The largest absolute Gasteiger partial charge is 0.481 e. The van der Waals surface area contributed by atoms with Crippen molar-refractivity contribution in [3.8, 4) is 0 Å². The highest BCUT2D eigenvalue weighted by molar-refractivity contribution is 5.96. The van der Waals surface area contributed by atoms with Gasteiger partial charge in [-0.15, -0.1) is 0 Å². The number of nitrogens with zero attached hydrogens (tertiary/aromatic N) is 1. The zero-order valence-corrected chi connectivity index (χ0v) is 21.6. The Hall–Kier alpha value is -3.97. The Morgan fingerprint density at radius 1 is 1.08 bits per heavy atom. The normalized spacial score (nSPS) is 17.4. The number of carboxylic acid groups (broad SMARTS) is 2. The minimum absolute atomic E-state index is 0.102. The van der Waals surface area contributed by atoms with Gasteiger partial charge in [-0.25, -0.2) is 4.79 Å². The smallest absolute Gasteiger partial charge is 0.326 e. The highest BCUT2D eigenvalue weighted by Gasteiger charge is 2.38. The standard InChI is InChI=1S/C26H36N6O7/c27-10-4-3-8-19(26(38)39)30-23(35)20(13-22(33)34)31-24(36)21-9-5-11-32(21)25(37)17(28)12-15-14-29-18-7-2-1-6-16(15)18/h1-2,6-7,14,17,19-21,29H,3-5,8-13,27-28H2,(H,30,35)(H,31,36)(H,33,34)(H,38,39). The van der Waals surface area contributed by atoms with Crippen molar-refractivity contribution >= 4 is 40.6 Å². The highest BCUT2D eigenvalue weighted by atomic mass is 16.4. The molecule has 0 aliphatic carbocycles. The van der Waals surface area contributed by atoms with Gasteiger partial charge in [0, 0.05) is 23.6 Å². The molecule has 1 fully saturated rings. The molecule has 1 aromatic heterocycles. The molecule has 13 heteroatoms. The van der Waals surface area contributed by atoms with Crippen molar-refractivity contribution in [3.05, 3.63) is 36.0 Å². The Morgan fingerprint density at radius 2 is 1.82 bits per heavy atom. The maximum absolute atomic E-state index is 13.2. The lowest BCUT2D eigenvalue weighted by molar-refractivity contribution is -0.144. The quantitative estimate of drug-likeness (QED) is 0.155. The van der Waals surface area contributed by atoms with E-state index in [2.05, 4.69) is 15.6 Å². The fraction of sp³-hybridized carbons (Fsp3) is 0.500. The van der Waals surface area contributed by atoms with Crippen molar-refractivity contribution < 1.29 is 34.2 Å². The molecule has 3 amide bonds. The van der Waals surface area contributed by atoms with Crippen molar-refractivity contribution in [1.82, 2.24) is 20.5 Å². The molecular weight excluding hydrogens is 508 g/mol. The van der Waals surface area contributed by atoms with Crippen LogP contribution in [0.3, 0.4) is 0 Å². The fourth-order valence-corrected chi connectivity index (χ4v) is 4.82. The first-order chi connectivity index (χ1) is 18.6. The molecule has 212 valence electrons. The van der Waals surface area contributed by atoms with Gasteiger partial charge in [0.1, 0.15) is 18.1 Å². The van der Waals surface area contributed by atoms with Crippen LogP contribution in [0, 0.1) is 0 Å². The van der Waals surface area contributed by atoms with E-state index in [9.17, 15) is 34.2 Å². The lowest BCUT2D eigenvalue weighted by Gasteiger charge is -2.28. The first-order valence-corrected chi connectivity index (χ1v) is 13.0. The van der Waals surface area contributed by atoms with Crippen LogP contribution >= 0.6 is 0 Å². The van der Waals surface area contributed by atoms with Crippen LogP contribution in [0.4, 0.5) is 0 Å². The van der Waals surface area contributed by atoms with E-state index >= 15 is 0 Å². The minimum atomic E-state index is -1.52. The first-order valence-electron chi connectivity index (χ1n) is 13.0. The lowest BCUT2D eigenvalue weighted by Crippen LogP contribution is -2.57. The molecule has 3 rings (SSSR count). The summed E-state index contributed by atoms with van der Waals surface area (Å²) in [4.78, 5) is 66.7. The molecule has 0 saturated carbocycles. The molecule has 0 radical (unpaired) electrons. The van der Waals surface area contributed by atoms with E-state index in [0.717, 1.165) is 16.5 Å². The van der Waals surface area contributed by atoms with E-state index < -0.39 is 60.2 Å². The van der Waals surface area contributed by atoms with Gasteiger partial charge in [0.05, 0.1) is 12.5 Å². The van der Waals surface area contributed by atoms with Crippen molar-refractivity contribution in [2.24, 2.45) is 11.5 Å². The Morgan fingerprint density at radius 3 is 2.51 bits per heavy atom. The summed E-state index contributed by atoms with van der Waals surface area (Å²) < 4.78 is 0. The number of fused-ring (bicyclic) bond motifs is 1. The first kappa shape index (κ1) is 29.6. The minimum Gasteiger partial charge on any atom is -0.481 e. The summed E-state index contributed by atoms with van der Waals surface area (Å²) in [5.74, 6) is -4.69. The van der Waals surface area contributed by atoms with Crippen LogP contribution in [0.25, 0.3) is 10.9 Å². The number of carboxylic acids is 2. The lowest BCUT2D eigenvalue weighted by atomic mass is 10.0. The van der Waals surface area contributed by atoms with Gasteiger partial charge >= 0.3 is 11.9 Å². The van der Waals surface area contributed by atoms with E-state index in [0.29, 0.717) is 32.2 Å². The van der Waals surface area contributed by atoms with E-state index in [1.165, 1.54) is 4.90 Å². The predicted octanol–water partition coefficient (Wildman–Crippen LogP) is -0.313. The summed E-state index contributed by atoms with van der Waals surface area (Å²) in [6, 6.07) is 2.98. The molecular formula is C26H36N6O7. The summed E-state index contributed by atoms with van der Waals surface area (Å²) in [6.07, 6.45) is 3.24. The number of rotatable bonds is 14. The zero-order chi connectivity index (χ0) is 28.5. The second kappa shape index (κ2) is 13.7. The van der Waals surface area contributed by atoms with Gasteiger partial charge in [0.25, 0.3) is 0 Å². The van der Waals surface area contributed by atoms with Crippen molar-refractivity contribution in [3.63, 3.8) is 0 Å². The number of H-pyrrole nitrogens is 1. The second-order valence-electron chi connectivity index (χ2n) is 9.70. The molecule has 1 saturated heterocycles. The third kappa shape index (κ3) is 7.77. The molecule has 9 N–H and O–H groups in total. The average Bonchev–Trinajstić information content (AvgIpc) is 3.54. The van der Waals surface area contributed by atoms with Crippen LogP contribution < -0.4 is 22.1 Å². The number of amides is 3. The van der Waals surface area contributed by atoms with E-state index in [1.54, 1.807) is 6.20 Å². The molecule has 1 aliphatic heterocycles. The maximum Gasteiger partial charge on any atom is 0.326 e. The molecule has 4 unspecified atom stereocenters. The van der Waals surface area contributed by atoms with Gasteiger partial charge in [0.15, 0.2) is 0 Å². The number of aromatic nitrogens is 1. The molecule has 1 aliphatic rings. The summed E-state index contributed by atoms with van der Waals surface area (Å²) in [6.45, 7) is 0.649. The van der Waals surface area contributed by atoms with E-state index in [-0.39, 0.29) is 19.4 Å². The number of hydrogen-bond donors (Lipinski definition) is 7. The monoisotopic (exact) mass is 544 g/mol. The fourth-order valence-electron chi connectivity index (χ4n) is 4.82. The van der Waals surface area contributed by atoms with Gasteiger partial charge in [-0.2, -0.15) is 0 Å². The van der Waals surface area contributed by atoms with Crippen LogP contribution in [-0.4, -0.2) is 87.0 Å². The Labute approximate surface area is 225 Å². The Balaban J connectivity index is 1.66. The summed E-state index contributed by atoms with van der Waals surface area (Å²) >= 11 is 0. The molecule has 39 heavy (non-hydrogen) atoms. The van der Waals surface area contributed by atoms with Gasteiger partial charge in [-0.1, -0.05) is 18.2 Å². The number of carbonyl (C=O) groups is 5. The third-order valence-corrected chi connectivity index (χ3v) is 6.84. The number of aromatic amines is 1. The van der Waals surface area contributed by atoms with Crippen molar-refractivity contribution in [2.75, 3.05) is 13.1 Å². The van der Waals surface area contributed by atoms with Gasteiger partial charge in [0.2, 0.25) is 17.7 Å². The topological polar surface area (TPSA) is 221 Å². The van der Waals surface area contributed by atoms with E-state index in [1.807, 2.05) is 24.3 Å². The number of aliphatic carboxylic acids is 2.